The second-order valence-corrected chi connectivity index (χ2v) is 8.82. The lowest BCUT2D eigenvalue weighted by Gasteiger charge is -2.32. The Hall–Kier alpha value is -2.25. The highest BCUT2D eigenvalue weighted by Gasteiger charge is 2.31. The van der Waals surface area contributed by atoms with Gasteiger partial charge in [-0.25, -0.2) is 12.8 Å². The number of sulfonamides is 1. The largest absolute Gasteiger partial charge is 0.319 e. The van der Waals surface area contributed by atoms with Gasteiger partial charge in [0.15, 0.2) is 0 Å². The number of benzene rings is 2. The molecule has 0 aliphatic carbocycles. The Labute approximate surface area is 159 Å². The van der Waals surface area contributed by atoms with E-state index < -0.39 is 21.7 Å². The van der Waals surface area contributed by atoms with Crippen LogP contribution in [0.4, 0.5) is 10.1 Å². The first-order valence-corrected chi connectivity index (χ1v) is 10.4. The monoisotopic (exact) mass is 390 g/mol. The number of halogens is 1. The molecular formula is C20H23FN2O3S. The fourth-order valence-corrected chi connectivity index (χ4v) is 5.04. The van der Waals surface area contributed by atoms with Crippen molar-refractivity contribution in [3.8, 4) is 0 Å². The summed E-state index contributed by atoms with van der Waals surface area (Å²) in [5.74, 6) is -1.09. The van der Waals surface area contributed by atoms with E-state index in [1.165, 1.54) is 40.7 Å². The molecule has 1 fully saturated rings. The molecule has 2 aromatic carbocycles. The summed E-state index contributed by atoms with van der Waals surface area (Å²) in [6.45, 7) is 4.17. The topological polar surface area (TPSA) is 66.5 Å². The zero-order valence-corrected chi connectivity index (χ0v) is 16.2. The van der Waals surface area contributed by atoms with Crippen LogP contribution >= 0.6 is 0 Å². The van der Waals surface area contributed by atoms with E-state index in [-0.39, 0.29) is 22.2 Å². The van der Waals surface area contributed by atoms with Crippen LogP contribution in [0.2, 0.25) is 0 Å². The number of nitrogens with zero attached hydrogens (tertiary/aromatic N) is 1. The highest BCUT2D eigenvalue weighted by atomic mass is 32.2. The minimum absolute atomic E-state index is 0.0670. The third kappa shape index (κ3) is 4.20. The van der Waals surface area contributed by atoms with Crippen LogP contribution < -0.4 is 5.32 Å². The van der Waals surface area contributed by atoms with Crippen LogP contribution in [-0.4, -0.2) is 31.2 Å². The van der Waals surface area contributed by atoms with Crippen LogP contribution in [0.3, 0.4) is 0 Å². The fourth-order valence-electron chi connectivity index (χ4n) is 3.29. The molecule has 0 aromatic heterocycles. The van der Waals surface area contributed by atoms with Crippen LogP contribution in [0.25, 0.3) is 0 Å². The van der Waals surface area contributed by atoms with Crippen LogP contribution in [0.15, 0.2) is 47.4 Å². The number of hydrogen-bond donors (Lipinski definition) is 1. The first kappa shape index (κ1) is 19.5. The zero-order valence-electron chi connectivity index (χ0n) is 15.4. The molecule has 7 heteroatoms. The van der Waals surface area contributed by atoms with Gasteiger partial charge < -0.3 is 5.32 Å². The van der Waals surface area contributed by atoms with E-state index in [0.717, 1.165) is 24.8 Å². The van der Waals surface area contributed by atoms with Crippen molar-refractivity contribution in [2.75, 3.05) is 11.9 Å². The molecule has 3 rings (SSSR count). The van der Waals surface area contributed by atoms with E-state index in [2.05, 4.69) is 5.32 Å². The van der Waals surface area contributed by atoms with Gasteiger partial charge in [0.2, 0.25) is 10.0 Å². The summed E-state index contributed by atoms with van der Waals surface area (Å²) < 4.78 is 41.3. The Morgan fingerprint density at radius 2 is 1.96 bits per heavy atom. The summed E-state index contributed by atoms with van der Waals surface area (Å²) in [5.41, 5.74) is 1.04. The summed E-state index contributed by atoms with van der Waals surface area (Å²) in [7, 11) is -3.68. The van der Waals surface area contributed by atoms with Gasteiger partial charge in [0.1, 0.15) is 5.82 Å². The second-order valence-electron chi connectivity index (χ2n) is 6.93. The van der Waals surface area contributed by atoms with Gasteiger partial charge in [0.25, 0.3) is 5.91 Å². The number of aryl methyl sites for hydroxylation is 1. The first-order chi connectivity index (χ1) is 12.8. The number of nitrogens with one attached hydrogen (secondary N) is 1. The number of carbonyl (C=O) groups is 1. The summed E-state index contributed by atoms with van der Waals surface area (Å²) >= 11 is 0. The summed E-state index contributed by atoms with van der Waals surface area (Å²) in [6.07, 6.45) is 2.67. The molecular weight excluding hydrogens is 367 g/mol. The molecule has 0 saturated carbocycles. The van der Waals surface area contributed by atoms with Crippen molar-refractivity contribution in [3.63, 3.8) is 0 Å². The molecule has 1 N–H and O–H groups in total. The van der Waals surface area contributed by atoms with Gasteiger partial charge in [-0.15, -0.1) is 0 Å². The number of amides is 1. The number of anilines is 1. The minimum Gasteiger partial charge on any atom is -0.319 e. The Morgan fingerprint density at radius 3 is 2.70 bits per heavy atom. The fraction of sp³-hybridized carbons (Fsp3) is 0.350. The van der Waals surface area contributed by atoms with Crippen LogP contribution in [0, 0.1) is 12.7 Å². The molecule has 27 heavy (non-hydrogen) atoms. The normalized spacial score (nSPS) is 18.3. The lowest BCUT2D eigenvalue weighted by Crippen LogP contribution is -2.41. The molecule has 0 spiro atoms. The average molecular weight is 390 g/mol. The molecule has 1 aliphatic rings. The summed E-state index contributed by atoms with van der Waals surface area (Å²) in [4.78, 5) is 12.6. The van der Waals surface area contributed by atoms with E-state index >= 15 is 0 Å². The Balaban J connectivity index is 1.86. The molecule has 0 radical (unpaired) electrons. The van der Waals surface area contributed by atoms with E-state index in [1.54, 1.807) is 13.0 Å². The molecule has 1 aliphatic heterocycles. The van der Waals surface area contributed by atoms with Crippen LogP contribution in [0.5, 0.6) is 0 Å². The van der Waals surface area contributed by atoms with Crippen molar-refractivity contribution < 1.29 is 17.6 Å². The number of piperidine rings is 1. The lowest BCUT2D eigenvalue weighted by molar-refractivity contribution is 0.102. The van der Waals surface area contributed by atoms with Gasteiger partial charge in [-0.1, -0.05) is 18.6 Å². The number of hydrogen-bond acceptors (Lipinski definition) is 3. The average Bonchev–Trinajstić information content (AvgIpc) is 2.65. The Kier molecular flexibility index (Phi) is 5.62. The van der Waals surface area contributed by atoms with Crippen molar-refractivity contribution in [2.45, 2.75) is 44.0 Å². The maximum atomic E-state index is 13.9. The summed E-state index contributed by atoms with van der Waals surface area (Å²) in [5, 5.41) is 2.51. The molecule has 1 heterocycles. The van der Waals surface area contributed by atoms with Gasteiger partial charge in [0, 0.05) is 18.2 Å². The van der Waals surface area contributed by atoms with E-state index in [9.17, 15) is 17.6 Å². The van der Waals surface area contributed by atoms with E-state index in [0.29, 0.717) is 6.54 Å². The quantitative estimate of drug-likeness (QED) is 0.860. The Morgan fingerprint density at radius 1 is 1.19 bits per heavy atom. The van der Waals surface area contributed by atoms with Gasteiger partial charge in [-0.05, 0) is 62.6 Å². The predicted octanol–water partition coefficient (Wildman–Crippen LogP) is 3.95. The molecule has 1 atom stereocenters. The van der Waals surface area contributed by atoms with E-state index in [4.69, 9.17) is 0 Å². The number of rotatable bonds is 4. The lowest BCUT2D eigenvalue weighted by atomic mass is 10.1. The molecule has 2 aromatic rings. The van der Waals surface area contributed by atoms with Gasteiger partial charge >= 0.3 is 0 Å². The maximum absolute atomic E-state index is 13.9. The Bertz CT molecular complexity index is 959. The first-order valence-electron chi connectivity index (χ1n) is 8.98. The van der Waals surface area contributed by atoms with Crippen LogP contribution in [-0.2, 0) is 10.0 Å². The van der Waals surface area contributed by atoms with Crippen molar-refractivity contribution in [3.05, 3.63) is 59.4 Å². The second kappa shape index (κ2) is 7.78. The highest BCUT2D eigenvalue weighted by Crippen LogP contribution is 2.26. The standard InChI is InChI=1S/C20H23FN2O3S/c1-14-9-10-18(21)19(12-14)22-20(24)16-7-5-8-17(13-16)27(25,26)23-11-4-3-6-15(23)2/h5,7-10,12-13,15H,3-4,6,11H2,1-2H3,(H,22,24). The molecule has 0 bridgehead atoms. The van der Waals surface area contributed by atoms with Crippen molar-refractivity contribution in [2.24, 2.45) is 0 Å². The third-order valence-corrected chi connectivity index (χ3v) is 6.82. The smallest absolute Gasteiger partial charge is 0.255 e. The molecule has 144 valence electrons. The van der Waals surface area contributed by atoms with E-state index in [1.807, 2.05) is 6.92 Å². The van der Waals surface area contributed by atoms with Gasteiger partial charge in [-0.2, -0.15) is 4.31 Å². The third-order valence-electron chi connectivity index (χ3n) is 4.81. The highest BCUT2D eigenvalue weighted by molar-refractivity contribution is 7.89. The molecule has 1 saturated heterocycles. The molecule has 5 nitrogen and oxygen atoms in total. The van der Waals surface area contributed by atoms with Gasteiger partial charge in [-0.3, -0.25) is 4.79 Å². The van der Waals surface area contributed by atoms with Crippen LogP contribution in [0.1, 0.15) is 42.1 Å². The zero-order chi connectivity index (χ0) is 19.6. The van der Waals surface area contributed by atoms with Gasteiger partial charge in [0.05, 0.1) is 10.6 Å². The SMILES string of the molecule is Cc1ccc(F)c(NC(=O)c2cccc(S(=O)(=O)N3CCCCC3C)c2)c1. The predicted molar refractivity (Wildman–Crippen MR) is 103 cm³/mol. The van der Waals surface area contributed by atoms with Crippen molar-refractivity contribution in [1.82, 2.24) is 4.31 Å². The summed E-state index contributed by atoms with van der Waals surface area (Å²) in [6, 6.07) is 10.2. The molecule has 1 unspecified atom stereocenters. The minimum atomic E-state index is -3.68. The molecule has 1 amide bonds. The maximum Gasteiger partial charge on any atom is 0.255 e. The van der Waals surface area contributed by atoms with Crippen molar-refractivity contribution >= 4 is 21.6 Å². The number of carbonyl (C=O) groups excluding carboxylic acids is 1. The van der Waals surface area contributed by atoms with Crippen molar-refractivity contribution in [1.29, 1.82) is 0 Å².